The zero-order valence-corrected chi connectivity index (χ0v) is 14.0. The van der Waals surface area contributed by atoms with Crippen LogP contribution in [0.4, 0.5) is 4.39 Å². The second kappa shape index (κ2) is 5.72. The van der Waals surface area contributed by atoms with Crippen molar-refractivity contribution < 1.29 is 9.13 Å². The highest BCUT2D eigenvalue weighted by Gasteiger charge is 2.09. The van der Waals surface area contributed by atoms with E-state index in [4.69, 9.17) is 17.0 Å². The molecule has 3 aromatic rings. The zero-order valence-electron chi connectivity index (χ0n) is 11.1. The fraction of sp³-hybridized carbons (Fsp3) is 0.143. The molecule has 0 saturated carbocycles. The van der Waals surface area contributed by atoms with Crippen LogP contribution < -0.4 is 4.74 Å². The van der Waals surface area contributed by atoms with Gasteiger partial charge in [0.25, 0.3) is 0 Å². The molecule has 0 unspecified atom stereocenters. The average molecular weight is 415 g/mol. The number of hydrogen-bond acceptors (Lipinski definition) is 3. The smallest absolute Gasteiger partial charge is 0.213 e. The third kappa shape index (κ3) is 2.80. The minimum absolute atomic E-state index is 0.252. The third-order valence-corrected chi connectivity index (χ3v) is 4.31. The number of aromatic amines is 1. The van der Waals surface area contributed by atoms with Crippen LogP contribution in [0.25, 0.3) is 11.0 Å². The topological polar surface area (TPSA) is 42.8 Å². The molecule has 0 spiro atoms. The third-order valence-electron chi connectivity index (χ3n) is 3.17. The van der Waals surface area contributed by atoms with Crippen molar-refractivity contribution in [3.8, 4) is 5.88 Å². The lowest BCUT2D eigenvalue weighted by Gasteiger charge is -2.06. The van der Waals surface area contributed by atoms with E-state index in [0.717, 1.165) is 16.6 Å². The number of benzene rings is 1. The molecule has 0 amide bonds. The number of pyridine rings is 1. The maximum Gasteiger partial charge on any atom is 0.213 e. The summed E-state index contributed by atoms with van der Waals surface area (Å²) in [6, 6.07) is 6.97. The van der Waals surface area contributed by atoms with E-state index in [2.05, 4.69) is 9.97 Å². The Kier molecular flexibility index (Phi) is 3.94. The normalized spacial score (nSPS) is 11.0. The van der Waals surface area contributed by atoms with Crippen molar-refractivity contribution in [2.45, 2.75) is 6.54 Å². The predicted molar refractivity (Wildman–Crippen MR) is 89.7 cm³/mol. The average Bonchev–Trinajstić information content (AvgIpc) is 2.76. The Labute approximate surface area is 139 Å². The van der Waals surface area contributed by atoms with Crippen molar-refractivity contribution >= 4 is 45.8 Å². The molecule has 7 heteroatoms. The van der Waals surface area contributed by atoms with Crippen LogP contribution in [-0.4, -0.2) is 21.6 Å². The number of methoxy groups -OCH3 is 1. The van der Waals surface area contributed by atoms with Crippen LogP contribution in [0.15, 0.2) is 30.5 Å². The minimum Gasteiger partial charge on any atom is -0.481 e. The number of fused-ring (bicyclic) bond motifs is 1. The molecule has 3 rings (SSSR count). The van der Waals surface area contributed by atoms with E-state index in [0.29, 0.717) is 20.8 Å². The van der Waals surface area contributed by atoms with Crippen molar-refractivity contribution in [2.24, 2.45) is 0 Å². The lowest BCUT2D eigenvalue weighted by molar-refractivity contribution is 0.397. The van der Waals surface area contributed by atoms with Gasteiger partial charge in [0.05, 0.1) is 28.3 Å². The van der Waals surface area contributed by atoms with Gasteiger partial charge in [-0.3, -0.25) is 0 Å². The summed E-state index contributed by atoms with van der Waals surface area (Å²) in [5.74, 6) is 0.290. The molecular formula is C14H11FIN3OS. The molecular weight excluding hydrogens is 404 g/mol. The monoisotopic (exact) mass is 415 g/mol. The maximum absolute atomic E-state index is 13.8. The summed E-state index contributed by atoms with van der Waals surface area (Å²) in [6.45, 7) is 0.526. The standard InChI is InChI=1S/C14H11FIN3OS/c1-20-13-4-8(2-3-17-13)7-19-12-5-9(15)10(16)6-11(12)18-14(19)21/h2-6H,7H2,1H3,(H,18,21). The summed E-state index contributed by atoms with van der Waals surface area (Å²) in [5.41, 5.74) is 2.55. The zero-order chi connectivity index (χ0) is 15.0. The highest BCUT2D eigenvalue weighted by Crippen LogP contribution is 2.22. The summed E-state index contributed by atoms with van der Waals surface area (Å²) >= 11 is 7.30. The number of nitrogens with one attached hydrogen (secondary N) is 1. The molecule has 1 N–H and O–H groups in total. The Morgan fingerprint density at radius 3 is 3.00 bits per heavy atom. The first-order chi connectivity index (χ1) is 10.1. The maximum atomic E-state index is 13.8. The quantitative estimate of drug-likeness (QED) is 0.522. The summed E-state index contributed by atoms with van der Waals surface area (Å²) < 4.78 is 21.9. The molecule has 0 aliphatic rings. The van der Waals surface area contributed by atoms with Crippen LogP contribution in [0.5, 0.6) is 5.88 Å². The van der Waals surface area contributed by atoms with Crippen LogP contribution in [-0.2, 0) is 6.54 Å². The highest BCUT2D eigenvalue weighted by molar-refractivity contribution is 14.1. The Morgan fingerprint density at radius 2 is 2.24 bits per heavy atom. The van der Waals surface area contributed by atoms with Gasteiger partial charge in [0.2, 0.25) is 5.88 Å². The minimum atomic E-state index is -0.252. The second-order valence-electron chi connectivity index (χ2n) is 4.51. The Morgan fingerprint density at radius 1 is 1.43 bits per heavy atom. The summed E-state index contributed by atoms with van der Waals surface area (Å²) in [7, 11) is 1.57. The molecule has 0 bridgehead atoms. The van der Waals surface area contributed by atoms with Crippen LogP contribution in [0, 0.1) is 14.2 Å². The van der Waals surface area contributed by atoms with Crippen LogP contribution in [0.3, 0.4) is 0 Å². The molecule has 0 radical (unpaired) electrons. The number of halogens is 2. The van der Waals surface area contributed by atoms with Gasteiger partial charge >= 0.3 is 0 Å². The van der Waals surface area contributed by atoms with Gasteiger partial charge in [-0.1, -0.05) is 0 Å². The first kappa shape index (κ1) is 14.5. The number of hydrogen-bond donors (Lipinski definition) is 1. The van der Waals surface area contributed by atoms with E-state index in [-0.39, 0.29) is 5.82 Å². The van der Waals surface area contributed by atoms with Gasteiger partial charge in [0, 0.05) is 18.3 Å². The number of ether oxygens (including phenoxy) is 1. The van der Waals surface area contributed by atoms with E-state index in [1.807, 2.05) is 39.3 Å². The molecule has 1 aromatic carbocycles. The van der Waals surface area contributed by atoms with Crippen LogP contribution >= 0.6 is 34.8 Å². The summed E-state index contributed by atoms with van der Waals surface area (Å²) in [6.07, 6.45) is 1.68. The van der Waals surface area contributed by atoms with Gasteiger partial charge in [-0.15, -0.1) is 0 Å². The molecule has 0 aliphatic carbocycles. The molecule has 2 heterocycles. The van der Waals surface area contributed by atoms with Crippen molar-refractivity contribution in [1.82, 2.24) is 14.5 Å². The molecule has 108 valence electrons. The number of nitrogens with zero attached hydrogens (tertiary/aromatic N) is 2. The van der Waals surface area contributed by atoms with Crippen molar-refractivity contribution in [3.63, 3.8) is 0 Å². The second-order valence-corrected chi connectivity index (χ2v) is 6.06. The lowest BCUT2D eigenvalue weighted by Crippen LogP contribution is -2.01. The molecule has 0 atom stereocenters. The number of aromatic nitrogens is 3. The SMILES string of the molecule is COc1cc(Cn2c(=S)[nH]c3cc(I)c(F)cc32)ccn1. The van der Waals surface area contributed by atoms with Gasteiger partial charge in [-0.25, -0.2) is 9.37 Å². The van der Waals surface area contributed by atoms with E-state index in [1.165, 1.54) is 6.07 Å². The van der Waals surface area contributed by atoms with Crippen molar-refractivity contribution in [3.05, 3.63) is 50.2 Å². The molecule has 4 nitrogen and oxygen atoms in total. The Bertz CT molecular complexity index is 874. The molecule has 0 saturated heterocycles. The highest BCUT2D eigenvalue weighted by atomic mass is 127. The molecule has 2 aromatic heterocycles. The van der Waals surface area contributed by atoms with Crippen molar-refractivity contribution in [1.29, 1.82) is 0 Å². The fourth-order valence-electron chi connectivity index (χ4n) is 2.15. The van der Waals surface area contributed by atoms with E-state index in [9.17, 15) is 4.39 Å². The van der Waals surface area contributed by atoms with Crippen LogP contribution in [0.1, 0.15) is 5.56 Å². The molecule has 0 aliphatic heterocycles. The van der Waals surface area contributed by atoms with Gasteiger partial charge in [-0.05, 0) is 52.5 Å². The van der Waals surface area contributed by atoms with Gasteiger partial charge in [-0.2, -0.15) is 0 Å². The van der Waals surface area contributed by atoms with E-state index < -0.39 is 0 Å². The first-order valence-electron chi connectivity index (χ1n) is 6.15. The van der Waals surface area contributed by atoms with Crippen LogP contribution in [0.2, 0.25) is 0 Å². The number of rotatable bonds is 3. The van der Waals surface area contributed by atoms with Gasteiger partial charge in [0.1, 0.15) is 5.82 Å². The summed E-state index contributed by atoms with van der Waals surface area (Å²) in [4.78, 5) is 7.17. The Balaban J connectivity index is 2.09. The van der Waals surface area contributed by atoms with Gasteiger partial charge < -0.3 is 14.3 Å². The largest absolute Gasteiger partial charge is 0.481 e. The van der Waals surface area contributed by atoms with E-state index in [1.54, 1.807) is 19.4 Å². The number of imidazole rings is 1. The van der Waals surface area contributed by atoms with Gasteiger partial charge in [0.15, 0.2) is 4.77 Å². The Hall–Kier alpha value is -1.48. The summed E-state index contributed by atoms with van der Waals surface area (Å²) in [5, 5.41) is 0. The first-order valence-corrected chi connectivity index (χ1v) is 7.63. The van der Waals surface area contributed by atoms with Crippen molar-refractivity contribution in [2.75, 3.05) is 7.11 Å². The molecule has 21 heavy (non-hydrogen) atoms. The fourth-order valence-corrected chi connectivity index (χ4v) is 2.89. The number of H-pyrrole nitrogens is 1. The lowest BCUT2D eigenvalue weighted by atomic mass is 10.2. The van der Waals surface area contributed by atoms with E-state index >= 15 is 0 Å². The predicted octanol–water partition coefficient (Wildman–Crippen LogP) is 3.89. The molecule has 0 fully saturated rings.